The monoisotopic (exact) mass is 399 g/mol. The molecule has 1 N–H and O–H groups in total. The lowest BCUT2D eigenvalue weighted by Gasteiger charge is -2.32. The van der Waals surface area contributed by atoms with E-state index in [0.29, 0.717) is 30.5 Å². The van der Waals surface area contributed by atoms with Gasteiger partial charge in [-0.3, -0.25) is 9.59 Å². The van der Waals surface area contributed by atoms with Crippen molar-refractivity contribution in [1.82, 2.24) is 0 Å². The summed E-state index contributed by atoms with van der Waals surface area (Å²) in [5.41, 5.74) is 2.42. The molecule has 146 valence electrons. The molecule has 2 saturated heterocycles. The molecule has 2 amide bonds. The number of rotatable bonds is 4. The average molecular weight is 400 g/mol. The minimum Gasteiger partial charge on any atom is -0.378 e. The zero-order valence-electron chi connectivity index (χ0n) is 15.4. The van der Waals surface area contributed by atoms with Crippen molar-refractivity contribution in [3.63, 3.8) is 0 Å². The summed E-state index contributed by atoms with van der Waals surface area (Å²) < 4.78 is 5.44. The molecule has 0 radical (unpaired) electrons. The largest absolute Gasteiger partial charge is 0.378 e. The van der Waals surface area contributed by atoms with Gasteiger partial charge in [-0.25, -0.2) is 0 Å². The van der Waals surface area contributed by atoms with Crippen LogP contribution in [-0.2, 0) is 14.3 Å². The molecule has 6 nitrogen and oxygen atoms in total. The summed E-state index contributed by atoms with van der Waals surface area (Å²) in [6.07, 6.45) is 0.188. The highest BCUT2D eigenvalue weighted by Crippen LogP contribution is 2.34. The van der Waals surface area contributed by atoms with Crippen LogP contribution in [0.3, 0.4) is 0 Å². The molecule has 0 saturated carbocycles. The van der Waals surface area contributed by atoms with E-state index in [1.54, 1.807) is 23.1 Å². The number of carbonyl (C=O) groups is 2. The Labute approximate surface area is 169 Å². The lowest BCUT2D eigenvalue weighted by molar-refractivity contribution is -0.122. The molecular formula is C21H22ClN3O3. The quantitative estimate of drug-likeness (QED) is 0.857. The molecule has 0 bridgehead atoms. The molecular weight excluding hydrogens is 378 g/mol. The predicted molar refractivity (Wildman–Crippen MR) is 110 cm³/mol. The van der Waals surface area contributed by atoms with E-state index < -0.39 is 5.92 Å². The number of hydrogen-bond acceptors (Lipinski definition) is 4. The number of para-hydroxylation sites is 3. The number of morpholine rings is 1. The van der Waals surface area contributed by atoms with Crippen molar-refractivity contribution in [2.75, 3.05) is 48.0 Å². The average Bonchev–Trinajstić information content (AvgIpc) is 3.12. The van der Waals surface area contributed by atoms with Gasteiger partial charge in [0.15, 0.2) is 0 Å². The van der Waals surface area contributed by atoms with Crippen LogP contribution in [0.2, 0.25) is 5.02 Å². The Morgan fingerprint density at radius 1 is 1.04 bits per heavy atom. The van der Waals surface area contributed by atoms with Gasteiger partial charge in [0.2, 0.25) is 11.8 Å². The van der Waals surface area contributed by atoms with Gasteiger partial charge in [0.05, 0.1) is 41.2 Å². The fraction of sp³-hybridized carbons (Fsp3) is 0.333. The summed E-state index contributed by atoms with van der Waals surface area (Å²) in [5, 5.41) is 3.33. The van der Waals surface area contributed by atoms with Gasteiger partial charge in [0, 0.05) is 26.1 Å². The van der Waals surface area contributed by atoms with Crippen LogP contribution < -0.4 is 15.1 Å². The maximum Gasteiger partial charge on any atom is 0.229 e. The highest BCUT2D eigenvalue weighted by molar-refractivity contribution is 6.33. The molecule has 2 aromatic carbocycles. The molecule has 28 heavy (non-hydrogen) atoms. The molecule has 0 aliphatic carbocycles. The van der Waals surface area contributed by atoms with E-state index >= 15 is 0 Å². The first kappa shape index (κ1) is 18.8. The second-order valence-electron chi connectivity index (χ2n) is 6.96. The van der Waals surface area contributed by atoms with Crippen LogP contribution in [-0.4, -0.2) is 44.7 Å². The van der Waals surface area contributed by atoms with Crippen molar-refractivity contribution >= 4 is 40.5 Å². The number of anilines is 3. The fourth-order valence-electron chi connectivity index (χ4n) is 3.68. The Kier molecular flexibility index (Phi) is 5.50. The number of benzene rings is 2. The Hall–Kier alpha value is -2.57. The van der Waals surface area contributed by atoms with Crippen LogP contribution in [0, 0.1) is 5.92 Å². The highest BCUT2D eigenvalue weighted by atomic mass is 35.5. The van der Waals surface area contributed by atoms with Gasteiger partial charge in [-0.15, -0.1) is 0 Å². The van der Waals surface area contributed by atoms with Gasteiger partial charge in [-0.1, -0.05) is 35.9 Å². The lowest BCUT2D eigenvalue weighted by Crippen LogP contribution is -2.38. The van der Waals surface area contributed by atoms with Crippen LogP contribution in [0.5, 0.6) is 0 Å². The van der Waals surface area contributed by atoms with Crippen LogP contribution in [0.15, 0.2) is 48.5 Å². The Morgan fingerprint density at radius 3 is 2.46 bits per heavy atom. The van der Waals surface area contributed by atoms with Crippen molar-refractivity contribution < 1.29 is 14.3 Å². The van der Waals surface area contributed by atoms with E-state index in [1.165, 1.54) is 0 Å². The second-order valence-corrected chi connectivity index (χ2v) is 7.37. The van der Waals surface area contributed by atoms with Crippen LogP contribution in [0.1, 0.15) is 6.42 Å². The molecule has 2 fully saturated rings. The van der Waals surface area contributed by atoms with Crippen LogP contribution in [0.25, 0.3) is 0 Å². The van der Waals surface area contributed by atoms with Crippen LogP contribution >= 0.6 is 11.6 Å². The zero-order chi connectivity index (χ0) is 19.5. The number of nitrogens with one attached hydrogen (secondary N) is 1. The summed E-state index contributed by atoms with van der Waals surface area (Å²) in [5.74, 6) is -0.644. The van der Waals surface area contributed by atoms with Gasteiger partial charge in [-0.05, 0) is 24.3 Å². The maximum atomic E-state index is 12.7. The smallest absolute Gasteiger partial charge is 0.229 e. The molecule has 1 atom stereocenters. The van der Waals surface area contributed by atoms with Gasteiger partial charge in [-0.2, -0.15) is 0 Å². The first-order chi connectivity index (χ1) is 13.6. The molecule has 0 spiro atoms. The molecule has 2 aromatic rings. The van der Waals surface area contributed by atoms with E-state index in [9.17, 15) is 9.59 Å². The lowest BCUT2D eigenvalue weighted by atomic mass is 10.1. The number of ether oxygens (including phenoxy) is 1. The number of halogens is 1. The zero-order valence-corrected chi connectivity index (χ0v) is 16.2. The third-order valence-electron chi connectivity index (χ3n) is 5.15. The highest BCUT2D eigenvalue weighted by Gasteiger charge is 2.36. The third kappa shape index (κ3) is 3.84. The minimum atomic E-state index is -0.415. The van der Waals surface area contributed by atoms with Crippen LogP contribution in [0.4, 0.5) is 17.1 Å². The molecule has 1 unspecified atom stereocenters. The van der Waals surface area contributed by atoms with E-state index in [0.717, 1.165) is 24.5 Å². The molecule has 0 aromatic heterocycles. The van der Waals surface area contributed by atoms with Gasteiger partial charge >= 0.3 is 0 Å². The fourth-order valence-corrected chi connectivity index (χ4v) is 3.86. The first-order valence-electron chi connectivity index (χ1n) is 9.41. The van der Waals surface area contributed by atoms with Crippen molar-refractivity contribution in [1.29, 1.82) is 0 Å². The molecule has 7 heteroatoms. The third-order valence-corrected chi connectivity index (χ3v) is 5.48. The summed E-state index contributed by atoms with van der Waals surface area (Å²) >= 11 is 6.13. The molecule has 2 aliphatic heterocycles. The van der Waals surface area contributed by atoms with Crippen molar-refractivity contribution in [2.24, 2.45) is 5.92 Å². The maximum absolute atomic E-state index is 12.7. The summed E-state index contributed by atoms with van der Waals surface area (Å²) in [6.45, 7) is 3.28. The van der Waals surface area contributed by atoms with E-state index in [2.05, 4.69) is 10.2 Å². The SMILES string of the molecule is O=C(Nc1ccccc1Cl)C1CC(=O)N(c2ccccc2N2CCOCC2)C1. The molecule has 4 rings (SSSR count). The number of nitrogens with zero attached hydrogens (tertiary/aromatic N) is 2. The second kappa shape index (κ2) is 8.20. The normalized spacial score (nSPS) is 19.8. The van der Waals surface area contributed by atoms with Crippen molar-refractivity contribution in [3.05, 3.63) is 53.6 Å². The van der Waals surface area contributed by atoms with Crippen molar-refractivity contribution in [3.8, 4) is 0 Å². The number of carbonyl (C=O) groups excluding carboxylic acids is 2. The molecule has 2 aliphatic rings. The summed E-state index contributed by atoms with van der Waals surface area (Å²) in [6, 6.07) is 14.9. The van der Waals surface area contributed by atoms with E-state index in [4.69, 9.17) is 16.3 Å². The minimum absolute atomic E-state index is 0.0416. The Morgan fingerprint density at radius 2 is 1.71 bits per heavy atom. The topological polar surface area (TPSA) is 61.9 Å². The Bertz CT molecular complexity index is 883. The predicted octanol–water partition coefficient (Wildman–Crippen LogP) is 3.17. The number of hydrogen-bond donors (Lipinski definition) is 1. The van der Waals surface area contributed by atoms with Gasteiger partial charge in [0.1, 0.15) is 0 Å². The van der Waals surface area contributed by atoms with E-state index in [1.807, 2.05) is 30.3 Å². The standard InChI is InChI=1S/C21H22ClN3O3/c22-16-5-1-2-6-17(16)23-21(27)15-13-20(26)25(14-15)19-8-4-3-7-18(19)24-9-11-28-12-10-24/h1-8,15H,9-14H2,(H,23,27). The molecule has 2 heterocycles. The number of amides is 2. The summed E-state index contributed by atoms with van der Waals surface area (Å²) in [4.78, 5) is 29.4. The summed E-state index contributed by atoms with van der Waals surface area (Å²) in [7, 11) is 0. The van der Waals surface area contributed by atoms with E-state index in [-0.39, 0.29) is 18.2 Å². The van der Waals surface area contributed by atoms with Gasteiger partial charge in [0.25, 0.3) is 0 Å². The van der Waals surface area contributed by atoms with Crippen molar-refractivity contribution in [2.45, 2.75) is 6.42 Å². The Balaban J connectivity index is 1.51. The first-order valence-corrected chi connectivity index (χ1v) is 9.79. The van der Waals surface area contributed by atoms with Gasteiger partial charge < -0.3 is 19.9 Å².